The van der Waals surface area contributed by atoms with E-state index in [-0.39, 0.29) is 5.91 Å². The first-order chi connectivity index (χ1) is 11.7. The topological polar surface area (TPSA) is 36.4 Å². The van der Waals surface area contributed by atoms with Gasteiger partial charge in [0.25, 0.3) is 5.91 Å². The Hall–Kier alpha value is -2.36. The molecule has 0 saturated heterocycles. The zero-order valence-electron chi connectivity index (χ0n) is 14.9. The lowest BCUT2D eigenvalue weighted by molar-refractivity contribution is 0.0752. The Bertz CT molecular complexity index is 642. The molecule has 0 radical (unpaired) electrons. The van der Waals surface area contributed by atoms with E-state index in [9.17, 15) is 4.79 Å². The number of benzene rings is 1. The minimum absolute atomic E-state index is 0.0499. The van der Waals surface area contributed by atoms with Crippen molar-refractivity contribution < 1.29 is 4.79 Å². The first kappa shape index (κ1) is 18.0. The molecular formula is C20H27N3O. The van der Waals surface area contributed by atoms with Crippen LogP contribution < -0.4 is 4.90 Å². The first-order valence-corrected chi connectivity index (χ1v) is 8.66. The second-order valence-electron chi connectivity index (χ2n) is 5.98. The molecule has 1 aromatic heterocycles. The Morgan fingerprint density at radius 3 is 2.54 bits per heavy atom. The molecule has 0 spiro atoms. The minimum atomic E-state index is 0.0499. The van der Waals surface area contributed by atoms with Gasteiger partial charge in [0.05, 0.1) is 0 Å². The largest absolute Gasteiger partial charge is 0.360 e. The minimum Gasteiger partial charge on any atom is -0.360 e. The molecular weight excluding hydrogens is 298 g/mol. The van der Waals surface area contributed by atoms with Crippen LogP contribution in [0.2, 0.25) is 0 Å². The Morgan fingerprint density at radius 1 is 1.12 bits per heavy atom. The molecule has 2 rings (SSSR count). The summed E-state index contributed by atoms with van der Waals surface area (Å²) in [5.74, 6) is 0.902. The Labute approximate surface area is 145 Å². The normalized spacial score (nSPS) is 10.5. The van der Waals surface area contributed by atoms with Crippen molar-refractivity contribution in [2.45, 2.75) is 33.2 Å². The molecule has 0 aliphatic rings. The predicted molar refractivity (Wildman–Crippen MR) is 99.3 cm³/mol. The van der Waals surface area contributed by atoms with E-state index >= 15 is 0 Å². The fraction of sp³-hybridized carbons (Fsp3) is 0.400. The van der Waals surface area contributed by atoms with Crippen molar-refractivity contribution in [3.8, 4) is 0 Å². The third kappa shape index (κ3) is 4.82. The lowest BCUT2D eigenvalue weighted by atomic mass is 10.1. The van der Waals surface area contributed by atoms with Crippen LogP contribution >= 0.6 is 0 Å². The molecule has 4 nitrogen and oxygen atoms in total. The number of nitrogens with zero attached hydrogens (tertiary/aromatic N) is 3. The summed E-state index contributed by atoms with van der Waals surface area (Å²) in [6, 6.07) is 13.8. The molecule has 4 heteroatoms. The van der Waals surface area contributed by atoms with E-state index in [1.54, 1.807) is 12.3 Å². The van der Waals surface area contributed by atoms with Gasteiger partial charge in [-0.3, -0.25) is 4.79 Å². The second kappa shape index (κ2) is 9.06. The molecule has 0 unspecified atom stereocenters. The molecule has 0 N–H and O–H groups in total. The number of carbonyl (C=O) groups excluding carboxylic acids is 1. The fourth-order valence-corrected chi connectivity index (χ4v) is 2.58. The molecule has 0 bridgehead atoms. The number of pyridine rings is 1. The lowest BCUT2D eigenvalue weighted by Crippen LogP contribution is -2.30. The Kier molecular flexibility index (Phi) is 6.79. The van der Waals surface area contributed by atoms with Crippen molar-refractivity contribution in [1.82, 2.24) is 9.88 Å². The summed E-state index contributed by atoms with van der Waals surface area (Å²) in [7, 11) is 2.02. The zero-order chi connectivity index (χ0) is 17.4. The molecule has 0 aliphatic carbocycles. The van der Waals surface area contributed by atoms with Gasteiger partial charge in [-0.1, -0.05) is 43.7 Å². The monoisotopic (exact) mass is 325 g/mol. The van der Waals surface area contributed by atoms with E-state index in [4.69, 9.17) is 0 Å². The van der Waals surface area contributed by atoms with Gasteiger partial charge < -0.3 is 9.80 Å². The molecule has 128 valence electrons. The third-order valence-corrected chi connectivity index (χ3v) is 4.12. The van der Waals surface area contributed by atoms with Crippen LogP contribution in [0.5, 0.6) is 0 Å². The van der Waals surface area contributed by atoms with Crippen molar-refractivity contribution in [2.24, 2.45) is 0 Å². The number of anilines is 1. The molecule has 24 heavy (non-hydrogen) atoms. The van der Waals surface area contributed by atoms with Crippen molar-refractivity contribution in [1.29, 1.82) is 0 Å². The summed E-state index contributed by atoms with van der Waals surface area (Å²) < 4.78 is 0. The standard InChI is InChI=1S/C20H27N3O/c1-4-6-14-22(3)19-15-18(12-13-21-19)20(24)23(5-2)16-17-10-8-7-9-11-17/h7-13,15H,4-6,14,16H2,1-3H3. The molecule has 2 aromatic rings. The highest BCUT2D eigenvalue weighted by Gasteiger charge is 2.16. The molecule has 0 fully saturated rings. The lowest BCUT2D eigenvalue weighted by Gasteiger charge is -2.22. The summed E-state index contributed by atoms with van der Waals surface area (Å²) in [4.78, 5) is 21.2. The zero-order valence-corrected chi connectivity index (χ0v) is 14.9. The number of hydrogen-bond donors (Lipinski definition) is 0. The number of amides is 1. The molecule has 0 atom stereocenters. The summed E-state index contributed by atoms with van der Waals surface area (Å²) in [6.45, 7) is 6.43. The van der Waals surface area contributed by atoms with E-state index in [1.165, 1.54) is 0 Å². The fourth-order valence-electron chi connectivity index (χ4n) is 2.58. The number of unbranched alkanes of at least 4 members (excludes halogenated alkanes) is 1. The molecule has 1 aromatic carbocycles. The molecule has 1 heterocycles. The van der Waals surface area contributed by atoms with Gasteiger partial charge in [-0.2, -0.15) is 0 Å². The van der Waals surface area contributed by atoms with Crippen molar-refractivity contribution in [3.63, 3.8) is 0 Å². The smallest absolute Gasteiger partial charge is 0.254 e. The summed E-state index contributed by atoms with van der Waals surface area (Å²) >= 11 is 0. The predicted octanol–water partition coefficient (Wildman–Crippen LogP) is 3.98. The van der Waals surface area contributed by atoms with Crippen LogP contribution in [0.1, 0.15) is 42.6 Å². The van der Waals surface area contributed by atoms with Gasteiger partial charge in [0.1, 0.15) is 5.82 Å². The Balaban J connectivity index is 2.12. The highest BCUT2D eigenvalue weighted by molar-refractivity contribution is 5.94. The van der Waals surface area contributed by atoms with Crippen molar-refractivity contribution in [2.75, 3.05) is 25.0 Å². The average Bonchev–Trinajstić information content (AvgIpc) is 2.64. The average molecular weight is 325 g/mol. The quantitative estimate of drug-likeness (QED) is 0.736. The van der Waals surface area contributed by atoms with Gasteiger partial charge in [0.2, 0.25) is 0 Å². The van der Waals surface area contributed by atoms with Crippen LogP contribution in [0, 0.1) is 0 Å². The maximum Gasteiger partial charge on any atom is 0.254 e. The molecule has 1 amide bonds. The van der Waals surface area contributed by atoms with Crippen LogP contribution in [0.3, 0.4) is 0 Å². The van der Waals surface area contributed by atoms with E-state index in [2.05, 4.69) is 16.8 Å². The summed E-state index contributed by atoms with van der Waals surface area (Å²) in [6.07, 6.45) is 3.98. The highest BCUT2D eigenvalue weighted by Crippen LogP contribution is 2.15. The van der Waals surface area contributed by atoms with Crippen molar-refractivity contribution in [3.05, 3.63) is 59.8 Å². The van der Waals surface area contributed by atoms with E-state index in [1.807, 2.05) is 55.3 Å². The third-order valence-electron chi connectivity index (χ3n) is 4.12. The second-order valence-corrected chi connectivity index (χ2v) is 5.98. The Morgan fingerprint density at radius 2 is 1.88 bits per heavy atom. The van der Waals surface area contributed by atoms with Gasteiger partial charge in [0, 0.05) is 38.4 Å². The van der Waals surface area contributed by atoms with E-state index in [0.29, 0.717) is 18.7 Å². The number of carbonyl (C=O) groups is 1. The van der Waals surface area contributed by atoms with E-state index < -0.39 is 0 Å². The number of aromatic nitrogens is 1. The first-order valence-electron chi connectivity index (χ1n) is 8.66. The van der Waals surface area contributed by atoms with E-state index in [0.717, 1.165) is 30.8 Å². The van der Waals surface area contributed by atoms with Gasteiger partial charge in [0.15, 0.2) is 0 Å². The number of hydrogen-bond acceptors (Lipinski definition) is 3. The number of rotatable bonds is 8. The van der Waals surface area contributed by atoms with Crippen LogP contribution in [-0.2, 0) is 6.54 Å². The molecule has 0 aliphatic heterocycles. The van der Waals surface area contributed by atoms with Crippen molar-refractivity contribution >= 4 is 11.7 Å². The maximum absolute atomic E-state index is 12.8. The van der Waals surface area contributed by atoms with Gasteiger partial charge in [-0.15, -0.1) is 0 Å². The van der Waals surface area contributed by atoms with Gasteiger partial charge in [-0.05, 0) is 31.0 Å². The molecule has 0 saturated carbocycles. The maximum atomic E-state index is 12.8. The van der Waals surface area contributed by atoms with Crippen LogP contribution in [-0.4, -0.2) is 35.9 Å². The van der Waals surface area contributed by atoms with Gasteiger partial charge >= 0.3 is 0 Å². The summed E-state index contributed by atoms with van der Waals surface area (Å²) in [5, 5.41) is 0. The van der Waals surface area contributed by atoms with Crippen LogP contribution in [0.15, 0.2) is 48.7 Å². The van der Waals surface area contributed by atoms with Gasteiger partial charge in [-0.25, -0.2) is 4.98 Å². The SMILES string of the molecule is CCCCN(C)c1cc(C(=O)N(CC)Cc2ccccc2)ccn1. The summed E-state index contributed by atoms with van der Waals surface area (Å²) in [5.41, 5.74) is 1.84. The van der Waals surface area contributed by atoms with Crippen LogP contribution in [0.4, 0.5) is 5.82 Å². The highest BCUT2D eigenvalue weighted by atomic mass is 16.2. The van der Waals surface area contributed by atoms with Crippen LogP contribution in [0.25, 0.3) is 0 Å².